The second-order valence-corrected chi connectivity index (χ2v) is 6.90. The number of rotatable bonds is 5. The Morgan fingerprint density at radius 3 is 2.67 bits per heavy atom. The number of likely N-dealkylation sites (N-methyl/N-ethyl adjacent to an activating group) is 1. The van der Waals surface area contributed by atoms with E-state index in [1.165, 1.54) is 0 Å². The standard InChI is InChI=1S/C16H27N5/c1-12(2)13-11-14-15(17-7-10-21(14)19-13)20(6)9-8-18-16(3,4)5/h7,10-12,18H,8-9H2,1-6H3. The zero-order chi connectivity index (χ0) is 15.6. The van der Waals surface area contributed by atoms with Gasteiger partial charge in [-0.3, -0.25) is 0 Å². The summed E-state index contributed by atoms with van der Waals surface area (Å²) in [6, 6.07) is 2.14. The van der Waals surface area contributed by atoms with Crippen LogP contribution in [0.15, 0.2) is 18.5 Å². The fourth-order valence-electron chi connectivity index (χ4n) is 2.21. The van der Waals surface area contributed by atoms with Crippen molar-refractivity contribution < 1.29 is 0 Å². The van der Waals surface area contributed by atoms with Crippen LogP contribution >= 0.6 is 0 Å². The van der Waals surface area contributed by atoms with E-state index in [1.807, 2.05) is 16.9 Å². The fourth-order valence-corrected chi connectivity index (χ4v) is 2.21. The van der Waals surface area contributed by atoms with E-state index in [2.05, 4.69) is 68.0 Å². The lowest BCUT2D eigenvalue weighted by Gasteiger charge is -2.24. The van der Waals surface area contributed by atoms with Crippen molar-refractivity contribution in [3.05, 3.63) is 24.2 Å². The van der Waals surface area contributed by atoms with Gasteiger partial charge in [0.2, 0.25) is 0 Å². The predicted molar refractivity (Wildman–Crippen MR) is 88.1 cm³/mol. The van der Waals surface area contributed by atoms with E-state index in [0.29, 0.717) is 5.92 Å². The van der Waals surface area contributed by atoms with Gasteiger partial charge in [0.1, 0.15) is 5.52 Å². The van der Waals surface area contributed by atoms with E-state index in [-0.39, 0.29) is 5.54 Å². The summed E-state index contributed by atoms with van der Waals surface area (Å²) in [5.41, 5.74) is 2.31. The minimum absolute atomic E-state index is 0.141. The lowest BCUT2D eigenvalue weighted by Crippen LogP contribution is -2.40. The summed E-state index contributed by atoms with van der Waals surface area (Å²) in [5, 5.41) is 8.11. The monoisotopic (exact) mass is 289 g/mol. The second-order valence-electron chi connectivity index (χ2n) is 6.90. The van der Waals surface area contributed by atoms with Crippen molar-refractivity contribution in [1.82, 2.24) is 19.9 Å². The van der Waals surface area contributed by atoms with Crippen LogP contribution in [-0.2, 0) is 0 Å². The summed E-state index contributed by atoms with van der Waals surface area (Å²) in [4.78, 5) is 6.71. The Morgan fingerprint density at radius 2 is 2.05 bits per heavy atom. The van der Waals surface area contributed by atoms with Crippen LogP contribution in [0.4, 0.5) is 5.82 Å². The topological polar surface area (TPSA) is 45.5 Å². The van der Waals surface area contributed by atoms with Gasteiger partial charge >= 0.3 is 0 Å². The molecule has 0 fully saturated rings. The predicted octanol–water partition coefficient (Wildman–Crippen LogP) is 2.68. The van der Waals surface area contributed by atoms with Crippen molar-refractivity contribution in [2.45, 2.75) is 46.1 Å². The molecule has 0 aliphatic heterocycles. The minimum atomic E-state index is 0.141. The molecule has 0 unspecified atom stereocenters. The molecule has 21 heavy (non-hydrogen) atoms. The molecular formula is C16H27N5. The highest BCUT2D eigenvalue weighted by molar-refractivity contribution is 5.69. The summed E-state index contributed by atoms with van der Waals surface area (Å²) in [7, 11) is 2.08. The minimum Gasteiger partial charge on any atom is -0.357 e. The number of aromatic nitrogens is 3. The lowest BCUT2D eigenvalue weighted by atomic mass is 10.1. The van der Waals surface area contributed by atoms with Gasteiger partial charge < -0.3 is 10.2 Å². The van der Waals surface area contributed by atoms with Gasteiger partial charge in [0.05, 0.1) is 5.69 Å². The summed E-state index contributed by atoms with van der Waals surface area (Å²) in [5.74, 6) is 1.40. The van der Waals surface area contributed by atoms with Gasteiger partial charge in [-0.05, 0) is 32.8 Å². The molecule has 5 nitrogen and oxygen atoms in total. The molecule has 0 amide bonds. The van der Waals surface area contributed by atoms with E-state index in [0.717, 1.165) is 30.1 Å². The molecule has 116 valence electrons. The van der Waals surface area contributed by atoms with Gasteiger partial charge in [-0.2, -0.15) is 5.10 Å². The number of anilines is 1. The van der Waals surface area contributed by atoms with Crippen molar-refractivity contribution in [2.24, 2.45) is 0 Å². The first kappa shape index (κ1) is 15.8. The van der Waals surface area contributed by atoms with Gasteiger partial charge in [-0.25, -0.2) is 9.50 Å². The van der Waals surface area contributed by atoms with E-state index < -0.39 is 0 Å². The maximum atomic E-state index is 4.61. The zero-order valence-corrected chi connectivity index (χ0v) is 14.0. The van der Waals surface area contributed by atoms with Gasteiger partial charge in [0.15, 0.2) is 5.82 Å². The van der Waals surface area contributed by atoms with Crippen LogP contribution in [0.1, 0.15) is 46.2 Å². The third kappa shape index (κ3) is 3.94. The van der Waals surface area contributed by atoms with Crippen molar-refractivity contribution in [1.29, 1.82) is 0 Å². The van der Waals surface area contributed by atoms with E-state index in [4.69, 9.17) is 0 Å². The third-order valence-electron chi connectivity index (χ3n) is 3.44. The largest absolute Gasteiger partial charge is 0.357 e. The number of fused-ring (bicyclic) bond motifs is 1. The molecule has 2 aromatic rings. The summed E-state index contributed by atoms with van der Waals surface area (Å²) in [6.45, 7) is 12.7. The quantitative estimate of drug-likeness (QED) is 0.919. The SMILES string of the molecule is CC(C)c1cc2c(N(C)CCNC(C)(C)C)nccn2n1. The van der Waals surface area contributed by atoms with Gasteiger partial charge in [0, 0.05) is 38.1 Å². The van der Waals surface area contributed by atoms with Crippen LogP contribution in [0.25, 0.3) is 5.52 Å². The van der Waals surface area contributed by atoms with E-state index in [9.17, 15) is 0 Å². The summed E-state index contributed by atoms with van der Waals surface area (Å²) >= 11 is 0. The van der Waals surface area contributed by atoms with Crippen LogP contribution < -0.4 is 10.2 Å². The Labute approximate surface area is 127 Å². The molecule has 2 aromatic heterocycles. The third-order valence-corrected chi connectivity index (χ3v) is 3.44. The van der Waals surface area contributed by atoms with Crippen molar-refractivity contribution in [3.8, 4) is 0 Å². The molecule has 0 atom stereocenters. The van der Waals surface area contributed by atoms with Crippen molar-refractivity contribution >= 4 is 11.3 Å². The first-order valence-corrected chi connectivity index (χ1v) is 7.58. The Morgan fingerprint density at radius 1 is 1.33 bits per heavy atom. The molecule has 0 aromatic carbocycles. The lowest BCUT2D eigenvalue weighted by molar-refractivity contribution is 0.430. The maximum Gasteiger partial charge on any atom is 0.154 e. The maximum absolute atomic E-state index is 4.61. The fraction of sp³-hybridized carbons (Fsp3) is 0.625. The van der Waals surface area contributed by atoms with E-state index in [1.54, 1.807) is 0 Å². The van der Waals surface area contributed by atoms with Crippen LogP contribution in [0, 0.1) is 0 Å². The Hall–Kier alpha value is -1.62. The Kier molecular flexibility index (Phi) is 4.52. The van der Waals surface area contributed by atoms with Crippen molar-refractivity contribution in [2.75, 3.05) is 25.0 Å². The van der Waals surface area contributed by atoms with Crippen molar-refractivity contribution in [3.63, 3.8) is 0 Å². The first-order valence-electron chi connectivity index (χ1n) is 7.58. The molecule has 0 radical (unpaired) electrons. The summed E-state index contributed by atoms with van der Waals surface area (Å²) in [6.07, 6.45) is 3.72. The number of hydrogen-bond donors (Lipinski definition) is 1. The average molecular weight is 289 g/mol. The normalized spacial score (nSPS) is 12.3. The molecule has 0 saturated carbocycles. The second kappa shape index (κ2) is 6.02. The highest BCUT2D eigenvalue weighted by Gasteiger charge is 2.14. The number of hydrogen-bond acceptors (Lipinski definition) is 4. The zero-order valence-electron chi connectivity index (χ0n) is 14.0. The highest BCUT2D eigenvalue weighted by Crippen LogP contribution is 2.21. The molecule has 0 aliphatic carbocycles. The van der Waals surface area contributed by atoms with Crippen LogP contribution in [0.5, 0.6) is 0 Å². The summed E-state index contributed by atoms with van der Waals surface area (Å²) < 4.78 is 1.92. The van der Waals surface area contributed by atoms with E-state index >= 15 is 0 Å². The Balaban J connectivity index is 2.17. The first-order chi connectivity index (χ1) is 9.78. The molecule has 0 saturated heterocycles. The van der Waals surface area contributed by atoms with Gasteiger partial charge in [-0.1, -0.05) is 13.8 Å². The van der Waals surface area contributed by atoms with Crippen LogP contribution in [-0.4, -0.2) is 40.3 Å². The highest BCUT2D eigenvalue weighted by atomic mass is 15.3. The van der Waals surface area contributed by atoms with Gasteiger partial charge in [0.25, 0.3) is 0 Å². The van der Waals surface area contributed by atoms with Crippen LogP contribution in [0.2, 0.25) is 0 Å². The van der Waals surface area contributed by atoms with Gasteiger partial charge in [-0.15, -0.1) is 0 Å². The van der Waals surface area contributed by atoms with Crippen LogP contribution in [0.3, 0.4) is 0 Å². The molecule has 1 N–H and O–H groups in total. The Bertz CT molecular complexity index is 594. The molecule has 0 aliphatic rings. The molecule has 5 heteroatoms. The molecule has 2 heterocycles. The smallest absolute Gasteiger partial charge is 0.154 e. The molecule has 0 bridgehead atoms. The number of nitrogens with zero attached hydrogens (tertiary/aromatic N) is 4. The molecule has 0 spiro atoms. The molecule has 2 rings (SSSR count). The number of nitrogens with one attached hydrogen (secondary N) is 1. The molecular weight excluding hydrogens is 262 g/mol. The average Bonchev–Trinajstić information content (AvgIpc) is 2.80.